The summed E-state index contributed by atoms with van der Waals surface area (Å²) in [6.07, 6.45) is 3.07. The molecule has 0 aromatic carbocycles. The minimum Gasteiger partial charge on any atom is -0.450 e. The molecule has 0 aliphatic carbocycles. The van der Waals surface area contributed by atoms with E-state index >= 15 is 0 Å². The van der Waals surface area contributed by atoms with Gasteiger partial charge in [-0.15, -0.1) is 0 Å². The van der Waals surface area contributed by atoms with Crippen LogP contribution in [0.4, 0.5) is 4.79 Å². The molecule has 0 bridgehead atoms. The van der Waals surface area contributed by atoms with Gasteiger partial charge in [-0.05, 0) is 13.3 Å². The number of nitrogens with one attached hydrogen (secondary N) is 1. The van der Waals surface area contributed by atoms with Crippen LogP contribution in [-0.4, -0.2) is 19.2 Å². The van der Waals surface area contributed by atoms with Gasteiger partial charge in [-0.2, -0.15) is 0 Å². The molecule has 0 rings (SSSR count). The highest BCUT2D eigenvalue weighted by atomic mass is 16.5. The molecule has 96 valence electrons. The van der Waals surface area contributed by atoms with E-state index in [1.165, 1.54) is 6.42 Å². The van der Waals surface area contributed by atoms with Crippen molar-refractivity contribution in [2.75, 3.05) is 13.2 Å². The van der Waals surface area contributed by atoms with Crippen molar-refractivity contribution in [2.45, 2.75) is 60.8 Å². The van der Waals surface area contributed by atoms with Crippen molar-refractivity contribution in [3.8, 4) is 0 Å². The van der Waals surface area contributed by atoms with E-state index in [0.29, 0.717) is 6.61 Å². The Balaban J connectivity index is -0.000000129. The Hall–Kier alpha value is -0.730. The number of amides is 1. The molecule has 0 atom stereocenters. The molecule has 0 spiro atoms. The Bertz CT molecular complexity index is 111. The van der Waals surface area contributed by atoms with Crippen LogP contribution in [0.15, 0.2) is 0 Å². The second-order valence-corrected chi connectivity index (χ2v) is 2.35. The van der Waals surface area contributed by atoms with Crippen LogP contribution in [0.25, 0.3) is 0 Å². The zero-order valence-electron chi connectivity index (χ0n) is 11.4. The summed E-state index contributed by atoms with van der Waals surface area (Å²) in [5.74, 6) is 0. The van der Waals surface area contributed by atoms with E-state index in [2.05, 4.69) is 17.0 Å². The Kier molecular flexibility index (Phi) is 30.7. The number of unbranched alkanes of at least 4 members (excludes halogenated alkanes) is 2. The van der Waals surface area contributed by atoms with Crippen LogP contribution < -0.4 is 5.32 Å². The highest BCUT2D eigenvalue weighted by molar-refractivity contribution is 5.66. The first kappa shape index (κ1) is 19.8. The molecule has 0 heterocycles. The average molecular weight is 221 g/mol. The van der Waals surface area contributed by atoms with Gasteiger partial charge >= 0.3 is 6.09 Å². The Labute approximate surface area is 97.1 Å². The zero-order valence-corrected chi connectivity index (χ0v) is 11.4. The quantitative estimate of drug-likeness (QED) is 0.706. The van der Waals surface area contributed by atoms with Crippen LogP contribution in [0, 0.1) is 0 Å². The van der Waals surface area contributed by atoms with Gasteiger partial charge in [-0.1, -0.05) is 47.5 Å². The van der Waals surface area contributed by atoms with E-state index in [1.54, 1.807) is 6.92 Å². The van der Waals surface area contributed by atoms with Crippen molar-refractivity contribution in [3.63, 3.8) is 0 Å². The lowest BCUT2D eigenvalue weighted by Crippen LogP contribution is -2.25. The van der Waals surface area contributed by atoms with E-state index in [-0.39, 0.29) is 7.52 Å². The summed E-state index contributed by atoms with van der Waals surface area (Å²) in [4.78, 5) is 10.7. The molecule has 0 saturated carbocycles. The molecule has 1 N–H and O–H groups in total. The Morgan fingerprint density at radius 2 is 1.67 bits per heavy atom. The predicted octanol–water partition coefficient (Wildman–Crippen LogP) is 4.22. The fourth-order valence-corrected chi connectivity index (χ4v) is 0.748. The van der Waals surface area contributed by atoms with E-state index in [9.17, 15) is 4.79 Å². The summed E-state index contributed by atoms with van der Waals surface area (Å²) >= 11 is 0. The maximum absolute atomic E-state index is 10.7. The molecule has 3 heteroatoms. The minimum atomic E-state index is -0.302. The molecule has 0 fully saturated rings. The molecular weight excluding hydrogens is 190 g/mol. The van der Waals surface area contributed by atoms with Gasteiger partial charge in [-0.3, -0.25) is 0 Å². The van der Waals surface area contributed by atoms with Gasteiger partial charge in [0.2, 0.25) is 0 Å². The van der Waals surface area contributed by atoms with Crippen molar-refractivity contribution < 1.29 is 11.0 Å². The van der Waals surface area contributed by atoms with Gasteiger partial charge in [0.1, 0.15) is 0 Å². The lowest BCUT2D eigenvalue weighted by molar-refractivity contribution is 0.152. The summed E-state index contributed by atoms with van der Waals surface area (Å²) in [5, 5.41) is 2.66. The molecule has 0 radical (unpaired) electrons. The van der Waals surface area contributed by atoms with Crippen molar-refractivity contribution >= 4 is 6.09 Å². The third-order valence-corrected chi connectivity index (χ3v) is 1.33. The first-order valence-corrected chi connectivity index (χ1v) is 6.21. The molecule has 15 heavy (non-hydrogen) atoms. The maximum atomic E-state index is 10.7. The number of hydrogen-bond acceptors (Lipinski definition) is 2. The molecule has 0 aliphatic rings. The van der Waals surface area contributed by atoms with Gasteiger partial charge in [0, 0.05) is 7.97 Å². The third kappa shape index (κ3) is 24.6. The number of hydrogen-bond donors (Lipinski definition) is 1. The number of rotatable bonds is 5. The number of ether oxygens (including phenoxy) is 1. The molecule has 3 nitrogen and oxygen atoms in total. The van der Waals surface area contributed by atoms with E-state index in [0.717, 1.165) is 19.4 Å². The minimum absolute atomic E-state index is 0. The van der Waals surface area contributed by atoms with Gasteiger partial charge in [-0.25, -0.2) is 4.79 Å². The summed E-state index contributed by atoms with van der Waals surface area (Å²) in [5.41, 5.74) is 0. The van der Waals surface area contributed by atoms with E-state index in [4.69, 9.17) is 0 Å². The summed E-state index contributed by atoms with van der Waals surface area (Å²) < 4.78 is 4.67. The Morgan fingerprint density at radius 3 is 2.07 bits per heavy atom. The monoisotopic (exact) mass is 221 g/mol. The second kappa shape index (κ2) is 23.2. The van der Waals surface area contributed by atoms with Gasteiger partial charge in [0.15, 0.2) is 0 Å². The lowest BCUT2D eigenvalue weighted by atomic mass is 10.2. The molecular formula is C12H31NO2. The maximum Gasteiger partial charge on any atom is 0.407 e. The molecule has 1 amide bonds. The molecule has 0 aromatic rings. The van der Waals surface area contributed by atoms with E-state index < -0.39 is 0 Å². The fourth-order valence-electron chi connectivity index (χ4n) is 0.748. The van der Waals surface area contributed by atoms with Crippen LogP contribution >= 0.6 is 0 Å². The van der Waals surface area contributed by atoms with Crippen molar-refractivity contribution in [1.29, 1.82) is 0 Å². The van der Waals surface area contributed by atoms with Crippen LogP contribution in [0.1, 0.15) is 62.2 Å². The summed E-state index contributed by atoms with van der Waals surface area (Å²) in [6, 6.07) is 0. The van der Waals surface area contributed by atoms with Crippen molar-refractivity contribution in [2.24, 2.45) is 0 Å². The van der Waals surface area contributed by atoms with Crippen LogP contribution in [0.5, 0.6) is 0 Å². The molecule has 0 aromatic heterocycles. The Morgan fingerprint density at radius 1 is 1.13 bits per heavy atom. The highest BCUT2D eigenvalue weighted by Crippen LogP contribution is 1.91. The normalized spacial score (nSPS) is 7.60. The first-order valence-electron chi connectivity index (χ1n) is 6.21. The number of carbonyl (C=O) groups excluding carboxylic acids is 1. The molecule has 0 unspecified atom stereocenters. The summed E-state index contributed by atoms with van der Waals surface area (Å²) in [6.45, 7) is 13.1. The highest BCUT2D eigenvalue weighted by Gasteiger charge is 1.96. The average Bonchev–Trinajstić information content (AvgIpc) is 2.30. The smallest absolute Gasteiger partial charge is 0.407 e. The third-order valence-electron chi connectivity index (χ3n) is 1.33. The predicted molar refractivity (Wildman–Crippen MR) is 69.4 cm³/mol. The zero-order chi connectivity index (χ0) is 12.5. The van der Waals surface area contributed by atoms with Crippen LogP contribution in [0.3, 0.4) is 0 Å². The standard InChI is InChI=1S/C8H17NO2.2C2H6.H2/c1-3-5-6-7-9-8(10)11-4-2;2*1-2;/h3-7H2,1-2H3,(H,9,10);2*1-2H3;1H. The van der Waals surface area contributed by atoms with Crippen molar-refractivity contribution in [1.82, 2.24) is 5.32 Å². The summed E-state index contributed by atoms with van der Waals surface area (Å²) in [7, 11) is 0. The SMILES string of the molecule is CC.CC.CCCCCNC(=O)OCC.[HH]. The van der Waals surface area contributed by atoms with Gasteiger partial charge in [0.25, 0.3) is 0 Å². The molecule has 0 saturated heterocycles. The number of alkyl carbamates (subject to hydrolysis) is 1. The molecule has 0 aliphatic heterocycles. The second-order valence-electron chi connectivity index (χ2n) is 2.35. The fraction of sp³-hybridized carbons (Fsp3) is 0.917. The van der Waals surface area contributed by atoms with Gasteiger partial charge in [0.05, 0.1) is 6.61 Å². The van der Waals surface area contributed by atoms with Crippen LogP contribution in [0.2, 0.25) is 0 Å². The first-order chi connectivity index (χ1) is 7.31. The topological polar surface area (TPSA) is 38.3 Å². The van der Waals surface area contributed by atoms with Crippen LogP contribution in [-0.2, 0) is 4.74 Å². The van der Waals surface area contributed by atoms with Gasteiger partial charge < -0.3 is 10.1 Å². The van der Waals surface area contributed by atoms with Crippen molar-refractivity contribution in [3.05, 3.63) is 0 Å². The largest absolute Gasteiger partial charge is 0.450 e. The number of carbonyl (C=O) groups is 1. The lowest BCUT2D eigenvalue weighted by Gasteiger charge is -2.03. The van der Waals surface area contributed by atoms with E-state index in [1.807, 2.05) is 27.7 Å².